The first kappa shape index (κ1) is 14.1. The van der Waals surface area contributed by atoms with Gasteiger partial charge >= 0.3 is 0 Å². The second-order valence-corrected chi connectivity index (χ2v) is 6.31. The maximum absolute atomic E-state index is 13.8. The van der Waals surface area contributed by atoms with E-state index in [4.69, 9.17) is 16.3 Å². The molecular weight excluding hydrogens is 319 g/mol. The van der Waals surface area contributed by atoms with Gasteiger partial charge in [0.05, 0.1) is 5.02 Å². The number of alkyl halides is 1. The highest BCUT2D eigenvalue weighted by atomic mass is 79.9. The number of ether oxygens (including phenoxy) is 1. The zero-order valence-corrected chi connectivity index (χ0v) is 12.9. The molecule has 1 aromatic rings. The quantitative estimate of drug-likeness (QED) is 0.687. The number of hydrogen-bond acceptors (Lipinski definition) is 1. The molecule has 0 N–H and O–H groups in total. The minimum Gasteiger partial charge on any atom is -0.487 e. The van der Waals surface area contributed by atoms with Crippen LogP contribution in [0.15, 0.2) is 18.2 Å². The molecule has 0 bridgehead atoms. The molecule has 0 aliphatic heterocycles. The number of rotatable bonds is 4. The van der Waals surface area contributed by atoms with Crippen molar-refractivity contribution in [2.75, 3.05) is 0 Å². The van der Waals surface area contributed by atoms with Crippen molar-refractivity contribution >= 4 is 27.5 Å². The number of benzene rings is 1. The maximum atomic E-state index is 13.8. The summed E-state index contributed by atoms with van der Waals surface area (Å²) in [4.78, 5) is 0.451. The van der Waals surface area contributed by atoms with E-state index in [1.807, 2.05) is 0 Å². The van der Waals surface area contributed by atoms with Crippen LogP contribution in [0.2, 0.25) is 5.02 Å². The second-order valence-electron chi connectivity index (χ2n) is 4.80. The molecule has 1 saturated carbocycles. The lowest BCUT2D eigenvalue weighted by atomic mass is 9.62. The third kappa shape index (κ3) is 2.16. The van der Waals surface area contributed by atoms with E-state index in [2.05, 4.69) is 29.8 Å². The monoisotopic (exact) mass is 334 g/mol. The fraction of sp³-hybridized carbons (Fsp3) is 0.571. The van der Waals surface area contributed by atoms with Crippen LogP contribution in [-0.2, 0) is 0 Å². The topological polar surface area (TPSA) is 9.23 Å². The van der Waals surface area contributed by atoms with Crippen LogP contribution in [0, 0.1) is 11.2 Å². The molecule has 0 heterocycles. The average molecular weight is 336 g/mol. The van der Waals surface area contributed by atoms with E-state index in [0.717, 1.165) is 19.3 Å². The highest BCUT2D eigenvalue weighted by Gasteiger charge is 2.53. The van der Waals surface area contributed by atoms with Gasteiger partial charge < -0.3 is 4.74 Å². The summed E-state index contributed by atoms with van der Waals surface area (Å²) in [5.74, 6) is -0.198. The molecule has 1 fully saturated rings. The van der Waals surface area contributed by atoms with Crippen molar-refractivity contribution in [2.24, 2.45) is 5.41 Å². The maximum Gasteiger partial charge on any atom is 0.183 e. The van der Waals surface area contributed by atoms with Crippen molar-refractivity contribution < 1.29 is 9.13 Å². The first-order valence-corrected chi connectivity index (χ1v) is 7.59. The highest BCUT2D eigenvalue weighted by Crippen LogP contribution is 2.52. The number of hydrogen-bond donors (Lipinski definition) is 0. The van der Waals surface area contributed by atoms with E-state index in [1.54, 1.807) is 12.1 Å². The van der Waals surface area contributed by atoms with Crippen LogP contribution in [-0.4, -0.2) is 10.9 Å². The Kier molecular flexibility index (Phi) is 4.22. The van der Waals surface area contributed by atoms with Gasteiger partial charge in [-0.1, -0.05) is 47.4 Å². The lowest BCUT2D eigenvalue weighted by Crippen LogP contribution is -2.56. The van der Waals surface area contributed by atoms with E-state index in [9.17, 15) is 4.39 Å². The molecule has 0 aromatic heterocycles. The van der Waals surface area contributed by atoms with Crippen LogP contribution in [0.5, 0.6) is 5.75 Å². The lowest BCUT2D eigenvalue weighted by molar-refractivity contribution is -0.0429. The standard InChI is InChI=1S/C14H17BrClFO/c1-3-14(4-2)11(15)8-12(14)18-10-7-5-6-9(16)13(10)17/h5-7,11-12H,3-4,8H2,1-2H3. The Hall–Kier alpha value is -0.280. The number of halogens is 3. The first-order valence-electron chi connectivity index (χ1n) is 6.30. The van der Waals surface area contributed by atoms with Crippen LogP contribution in [0.3, 0.4) is 0 Å². The zero-order chi connectivity index (χ0) is 13.3. The fourth-order valence-electron chi connectivity index (χ4n) is 2.74. The molecule has 18 heavy (non-hydrogen) atoms. The third-order valence-corrected chi connectivity index (χ3v) is 5.77. The normalized spacial score (nSPS) is 25.6. The van der Waals surface area contributed by atoms with E-state index >= 15 is 0 Å². The summed E-state index contributed by atoms with van der Waals surface area (Å²) >= 11 is 9.45. The van der Waals surface area contributed by atoms with Gasteiger partial charge in [0, 0.05) is 10.2 Å². The van der Waals surface area contributed by atoms with Gasteiger partial charge in [-0.25, -0.2) is 4.39 Å². The summed E-state index contributed by atoms with van der Waals surface area (Å²) in [5, 5.41) is 0.112. The summed E-state index contributed by atoms with van der Waals surface area (Å²) in [6.45, 7) is 4.31. The molecule has 0 saturated heterocycles. The van der Waals surface area contributed by atoms with Crippen molar-refractivity contribution in [3.63, 3.8) is 0 Å². The first-order chi connectivity index (χ1) is 8.55. The fourth-order valence-corrected chi connectivity index (χ4v) is 4.19. The second kappa shape index (κ2) is 5.38. The van der Waals surface area contributed by atoms with Crippen molar-refractivity contribution in [2.45, 2.75) is 44.0 Å². The molecule has 0 spiro atoms. The van der Waals surface area contributed by atoms with E-state index in [0.29, 0.717) is 4.83 Å². The van der Waals surface area contributed by atoms with Crippen molar-refractivity contribution in [3.8, 4) is 5.75 Å². The van der Waals surface area contributed by atoms with E-state index < -0.39 is 5.82 Å². The van der Waals surface area contributed by atoms with Crippen molar-refractivity contribution in [3.05, 3.63) is 29.0 Å². The van der Waals surface area contributed by atoms with Gasteiger partial charge in [0.1, 0.15) is 6.10 Å². The Balaban J connectivity index is 2.18. The SMILES string of the molecule is CCC1(CC)C(Br)CC1Oc1cccc(Cl)c1F. The molecule has 1 aliphatic carbocycles. The van der Waals surface area contributed by atoms with E-state index in [-0.39, 0.29) is 22.3 Å². The van der Waals surface area contributed by atoms with Gasteiger partial charge in [0.2, 0.25) is 0 Å². The van der Waals surface area contributed by atoms with Gasteiger partial charge in [-0.2, -0.15) is 0 Å². The Morgan fingerprint density at radius 3 is 2.67 bits per heavy atom. The van der Waals surface area contributed by atoms with Gasteiger partial charge in [-0.05, 0) is 31.4 Å². The molecule has 2 rings (SSSR count). The van der Waals surface area contributed by atoms with Crippen LogP contribution in [0.4, 0.5) is 4.39 Å². The van der Waals surface area contributed by atoms with Crippen LogP contribution in [0.25, 0.3) is 0 Å². The predicted octanol–water partition coefficient (Wildman–Crippen LogP) is 5.20. The van der Waals surface area contributed by atoms with Gasteiger partial charge in [0.25, 0.3) is 0 Å². The molecule has 2 unspecified atom stereocenters. The molecule has 2 atom stereocenters. The Labute approximate surface area is 121 Å². The molecule has 0 radical (unpaired) electrons. The molecule has 1 nitrogen and oxygen atoms in total. The Morgan fingerprint density at radius 1 is 1.44 bits per heavy atom. The highest BCUT2D eigenvalue weighted by molar-refractivity contribution is 9.09. The molecule has 1 aromatic carbocycles. The smallest absolute Gasteiger partial charge is 0.183 e. The van der Waals surface area contributed by atoms with E-state index in [1.165, 1.54) is 6.07 Å². The Morgan fingerprint density at radius 2 is 2.11 bits per heavy atom. The summed E-state index contributed by atoms with van der Waals surface area (Å²) in [6.07, 6.45) is 3.01. The summed E-state index contributed by atoms with van der Waals surface area (Å²) in [7, 11) is 0. The molecule has 0 amide bonds. The Bertz CT molecular complexity index is 434. The van der Waals surface area contributed by atoms with Gasteiger partial charge in [-0.3, -0.25) is 0 Å². The van der Waals surface area contributed by atoms with Crippen LogP contribution < -0.4 is 4.74 Å². The minimum absolute atomic E-state index is 0.0600. The molecule has 1 aliphatic rings. The summed E-state index contributed by atoms with van der Waals surface area (Å²) < 4.78 is 19.7. The van der Waals surface area contributed by atoms with Gasteiger partial charge in [0.15, 0.2) is 11.6 Å². The average Bonchev–Trinajstić information content (AvgIpc) is 2.36. The molecule has 100 valence electrons. The largest absolute Gasteiger partial charge is 0.487 e. The van der Waals surface area contributed by atoms with Crippen molar-refractivity contribution in [1.29, 1.82) is 0 Å². The van der Waals surface area contributed by atoms with Crippen LogP contribution >= 0.6 is 27.5 Å². The summed E-state index contributed by atoms with van der Waals surface area (Å²) in [6, 6.07) is 4.88. The van der Waals surface area contributed by atoms with Crippen LogP contribution in [0.1, 0.15) is 33.1 Å². The summed E-state index contributed by atoms with van der Waals surface area (Å²) in [5.41, 5.74) is 0.106. The van der Waals surface area contributed by atoms with Crippen molar-refractivity contribution in [1.82, 2.24) is 0 Å². The molecule has 4 heteroatoms. The predicted molar refractivity (Wildman–Crippen MR) is 76.2 cm³/mol. The minimum atomic E-state index is -0.460. The lowest BCUT2D eigenvalue weighted by Gasteiger charge is -2.52. The third-order valence-electron chi connectivity index (χ3n) is 4.19. The molecular formula is C14H17BrClFO. The zero-order valence-electron chi connectivity index (χ0n) is 10.6. The van der Waals surface area contributed by atoms with Gasteiger partial charge in [-0.15, -0.1) is 0 Å².